The number of halogens is 9. The predicted octanol–water partition coefficient (Wildman–Crippen LogP) is 13.5. The second kappa shape index (κ2) is 33.9. The highest BCUT2D eigenvalue weighted by Crippen LogP contribution is 2.38. The van der Waals surface area contributed by atoms with Gasteiger partial charge in [-0.15, -0.1) is 0 Å². The van der Waals surface area contributed by atoms with Crippen LogP contribution >= 0.6 is 11.6 Å². The number of carboxylic acids is 1. The number of carbonyl (C=O) groups excluding carboxylic acids is 2. The van der Waals surface area contributed by atoms with E-state index in [0.717, 1.165) is 45.6 Å². The van der Waals surface area contributed by atoms with Gasteiger partial charge in [0.25, 0.3) is 17.8 Å². The molecule has 8 aromatic heterocycles. The minimum atomic E-state index is -2.62. The SMILES string of the molecule is COC(=O)c1cc(NC2CCC(F)(F)CC2)nc(-n2nc(C)cc2C)n1.COC(=O)c1cc(NC2CCC(F)(F)CC2)nc(Cl)n1.Cc1cc(C)[nH]n1.Cc1cc(C)n(-c2nc(NC3CCC(F)(F)CC3)cc(C(=O)O)n2)n1.Cc1cc(C)n(-c2nc(NC3CCC(F)(F)CC3)cc(C(C)(C)O)n2)n1. The van der Waals surface area contributed by atoms with E-state index in [2.05, 4.69) is 91.4 Å². The molecule has 8 heterocycles. The number of anilines is 4. The van der Waals surface area contributed by atoms with Crippen molar-refractivity contribution in [1.29, 1.82) is 0 Å². The van der Waals surface area contributed by atoms with Gasteiger partial charge < -0.3 is 41.0 Å². The molecule has 0 spiro atoms. The Morgan fingerprint density at radius 1 is 0.462 bits per heavy atom. The first kappa shape index (κ1) is 80.2. The van der Waals surface area contributed by atoms with Crippen molar-refractivity contribution in [3.05, 3.63) is 122 Å². The fraction of sp³-hybridized carbons (Fsp3) is 0.544. The largest absolute Gasteiger partial charge is 0.477 e. The summed E-state index contributed by atoms with van der Waals surface area (Å²) >= 11 is 5.72. The molecule has 4 saturated carbocycles. The quantitative estimate of drug-likeness (QED) is 0.0285. The third-order valence-corrected chi connectivity index (χ3v) is 17.4. The number of hydrogen-bond acceptors (Lipinski definition) is 22. The number of alkyl halides is 8. The number of hydrogen-bond donors (Lipinski definition) is 7. The highest BCUT2D eigenvalue weighted by atomic mass is 35.5. The number of esters is 2. The molecule has 0 aromatic carbocycles. The maximum Gasteiger partial charge on any atom is 0.356 e. The van der Waals surface area contributed by atoms with Gasteiger partial charge in [-0.1, -0.05) is 0 Å². The molecule has 36 heteroatoms. The van der Waals surface area contributed by atoms with Crippen LogP contribution in [0.15, 0.2) is 48.5 Å². The minimum absolute atomic E-state index is 0.0242. The number of methoxy groups -OCH3 is 2. The van der Waals surface area contributed by atoms with Crippen LogP contribution in [0.25, 0.3) is 17.8 Å². The number of H-pyrrole nitrogens is 1. The number of nitrogens with one attached hydrogen (secondary N) is 5. The van der Waals surface area contributed by atoms with E-state index in [4.69, 9.17) is 16.3 Å². The number of aromatic carboxylic acids is 1. The van der Waals surface area contributed by atoms with E-state index in [1.807, 2.05) is 79.7 Å². The van der Waals surface area contributed by atoms with Crippen molar-refractivity contribution in [3.8, 4) is 17.8 Å². The molecule has 8 aromatic rings. The molecule has 4 fully saturated rings. The molecule has 104 heavy (non-hydrogen) atoms. The molecule has 0 aliphatic heterocycles. The van der Waals surface area contributed by atoms with Crippen LogP contribution in [0.2, 0.25) is 5.28 Å². The maximum absolute atomic E-state index is 13.4. The fourth-order valence-corrected chi connectivity index (χ4v) is 11.9. The second-order valence-corrected chi connectivity index (χ2v) is 27.2. The van der Waals surface area contributed by atoms with E-state index in [9.17, 15) is 59.7 Å². The van der Waals surface area contributed by atoms with Crippen LogP contribution in [-0.4, -0.2) is 170 Å². The molecular formula is C68H87ClF8N20O7. The molecule has 0 bridgehead atoms. The lowest BCUT2D eigenvalue weighted by atomic mass is 9.92. The minimum Gasteiger partial charge on any atom is -0.477 e. The summed E-state index contributed by atoms with van der Waals surface area (Å²) in [4.78, 5) is 68.3. The standard InChI is InChI=1S/C18H25F2N5O.C17H21F2N5O2.C16H19F2N5O2.C12H14ClF2N3O2.C5H8N2/c1-11-9-12(2)25(24-11)16-22-14(17(3,4)26)10-15(23-16)21-13-5-7-18(19,20)8-6-13;1-10-8-11(2)24(23-10)16-21-13(15(25)26-3)9-14(22-16)20-12-4-6-17(18,19)7-5-12;1-9-7-10(2)23(22-9)15-20-12(14(24)25)8-13(21-15)19-11-3-5-16(17,18)6-4-11;1-20-10(19)8-6-9(18-11(13)17-8)16-7-2-4-12(14,15)5-3-7;1-4-3-5(2)7-6-4/h9-10,13,26H,5-8H2,1-4H3,(H,21,22,23);8-9,12H,4-7H2,1-3H3,(H,20,21,22);7-8,11H,3-6H2,1-2H3,(H,24,25)(H,19,20,21);6-7H,2-5H2,1H3,(H,16,17,18);3H,1-2H3,(H,6,7). The molecular weight excluding hydrogens is 1400 g/mol. The summed E-state index contributed by atoms with van der Waals surface area (Å²) in [5.41, 5.74) is 6.21. The average molecular weight is 1480 g/mol. The first-order valence-electron chi connectivity index (χ1n) is 33.7. The molecule has 0 atom stereocenters. The van der Waals surface area contributed by atoms with Gasteiger partial charge in [0, 0.05) is 123 Å². The van der Waals surface area contributed by atoms with Gasteiger partial charge in [-0.2, -0.15) is 35.3 Å². The van der Waals surface area contributed by atoms with E-state index < -0.39 is 47.2 Å². The molecule has 0 radical (unpaired) electrons. The molecule has 7 N–H and O–H groups in total. The third kappa shape index (κ3) is 23.5. The Kier molecular flexibility index (Phi) is 26.1. The second-order valence-electron chi connectivity index (χ2n) is 26.9. The lowest BCUT2D eigenvalue weighted by molar-refractivity contribution is -0.0366. The third-order valence-electron chi connectivity index (χ3n) is 17.2. The number of aryl methyl sites for hydroxylation is 8. The Bertz CT molecular complexity index is 4220. The van der Waals surface area contributed by atoms with E-state index in [1.54, 1.807) is 24.6 Å². The van der Waals surface area contributed by atoms with Crippen LogP contribution in [0.1, 0.15) is 199 Å². The van der Waals surface area contributed by atoms with Crippen LogP contribution in [0.4, 0.5) is 58.4 Å². The normalized spacial score (nSPS) is 17.2. The van der Waals surface area contributed by atoms with Crippen molar-refractivity contribution < 1.29 is 69.2 Å². The summed E-state index contributed by atoms with van der Waals surface area (Å²) in [5, 5.41) is 51.7. The van der Waals surface area contributed by atoms with Crippen molar-refractivity contribution in [2.45, 2.75) is 225 Å². The fourth-order valence-electron chi connectivity index (χ4n) is 11.8. The highest BCUT2D eigenvalue weighted by molar-refractivity contribution is 6.28. The van der Waals surface area contributed by atoms with Gasteiger partial charge in [0.2, 0.25) is 29.0 Å². The monoisotopic (exact) mass is 1480 g/mol. The molecule has 12 rings (SSSR count). The zero-order valence-electron chi connectivity index (χ0n) is 59.8. The number of nitrogens with zero attached hydrogens (tertiary/aromatic N) is 15. The molecule has 0 amide bonds. The lowest BCUT2D eigenvalue weighted by Crippen LogP contribution is -2.32. The molecule has 564 valence electrons. The van der Waals surface area contributed by atoms with Crippen molar-refractivity contribution in [3.63, 3.8) is 0 Å². The van der Waals surface area contributed by atoms with Crippen LogP contribution in [-0.2, 0) is 15.1 Å². The van der Waals surface area contributed by atoms with Gasteiger partial charge in [0.1, 0.15) is 28.9 Å². The summed E-state index contributed by atoms with van der Waals surface area (Å²) in [6.07, 6.45) is 1.42. The number of aliphatic hydroxyl groups is 1. The Morgan fingerprint density at radius 3 is 1.05 bits per heavy atom. The van der Waals surface area contributed by atoms with E-state index in [0.29, 0.717) is 86.3 Å². The van der Waals surface area contributed by atoms with Crippen LogP contribution in [0, 0.1) is 55.4 Å². The molecule has 4 aliphatic rings. The molecule has 4 aliphatic carbocycles. The summed E-state index contributed by atoms with van der Waals surface area (Å²) in [6, 6.07) is 12.9. The Labute approximate surface area is 600 Å². The topological polar surface area (TPSA) is 344 Å². The Balaban J connectivity index is 0.000000170. The highest BCUT2D eigenvalue weighted by Gasteiger charge is 2.39. The average Bonchev–Trinajstić information content (AvgIpc) is 1.48. The Morgan fingerprint density at radius 2 is 0.769 bits per heavy atom. The smallest absolute Gasteiger partial charge is 0.356 e. The zero-order valence-corrected chi connectivity index (χ0v) is 60.5. The van der Waals surface area contributed by atoms with Gasteiger partial charge in [0.15, 0.2) is 17.1 Å². The van der Waals surface area contributed by atoms with E-state index in [1.165, 1.54) is 41.8 Å². The summed E-state index contributed by atoms with van der Waals surface area (Å²) in [6.45, 7) is 18.3. The molecule has 0 saturated heterocycles. The maximum atomic E-state index is 13.4. The number of aromatic nitrogens is 16. The van der Waals surface area contributed by atoms with Crippen molar-refractivity contribution in [2.75, 3.05) is 35.5 Å². The number of carbonyl (C=O) groups is 3. The van der Waals surface area contributed by atoms with Gasteiger partial charge in [-0.05, 0) is 156 Å². The van der Waals surface area contributed by atoms with E-state index >= 15 is 0 Å². The number of rotatable bonds is 15. The van der Waals surface area contributed by atoms with Gasteiger partial charge in [-0.3, -0.25) is 5.10 Å². The number of ether oxygens (including phenoxy) is 2. The first-order chi connectivity index (χ1) is 48.7. The number of aromatic amines is 1. The zero-order chi connectivity index (χ0) is 76.2. The van der Waals surface area contributed by atoms with Crippen molar-refractivity contribution in [1.82, 2.24) is 79.4 Å². The lowest BCUT2D eigenvalue weighted by Gasteiger charge is -2.29. The van der Waals surface area contributed by atoms with Crippen molar-refractivity contribution in [2.24, 2.45) is 0 Å². The molecule has 0 unspecified atom stereocenters. The van der Waals surface area contributed by atoms with Gasteiger partial charge in [0.05, 0.1) is 42.7 Å². The van der Waals surface area contributed by atoms with Crippen LogP contribution < -0.4 is 21.3 Å². The van der Waals surface area contributed by atoms with Crippen molar-refractivity contribution >= 4 is 52.8 Å². The summed E-state index contributed by atoms with van der Waals surface area (Å²) < 4.78 is 120. The first-order valence-corrected chi connectivity index (χ1v) is 34.1. The van der Waals surface area contributed by atoms with Gasteiger partial charge >= 0.3 is 17.9 Å². The number of carboxylic acid groups (broad SMARTS) is 1. The van der Waals surface area contributed by atoms with Gasteiger partial charge in [-0.25, -0.2) is 88.5 Å². The Hall–Kier alpha value is -9.54. The molecule has 27 nitrogen and oxygen atoms in total. The van der Waals surface area contributed by atoms with Crippen LogP contribution in [0.5, 0.6) is 0 Å². The summed E-state index contributed by atoms with van der Waals surface area (Å²) in [5.74, 6) is -10.6. The van der Waals surface area contributed by atoms with E-state index in [-0.39, 0.29) is 110 Å². The van der Waals surface area contributed by atoms with Crippen LogP contribution in [0.3, 0.4) is 0 Å². The predicted molar refractivity (Wildman–Crippen MR) is 369 cm³/mol. The summed E-state index contributed by atoms with van der Waals surface area (Å²) in [7, 11) is 2.50.